The van der Waals surface area contributed by atoms with Gasteiger partial charge in [-0.25, -0.2) is 4.39 Å². The van der Waals surface area contributed by atoms with Crippen molar-refractivity contribution in [2.75, 3.05) is 0 Å². The quantitative estimate of drug-likeness (QED) is 0.863. The lowest BCUT2D eigenvalue weighted by atomic mass is 10.1. The minimum absolute atomic E-state index is 0.336. The van der Waals surface area contributed by atoms with Crippen molar-refractivity contribution >= 4 is 22.9 Å². The molecule has 1 aromatic heterocycles. The third-order valence-corrected chi connectivity index (χ3v) is 3.53. The Labute approximate surface area is 102 Å². The average molecular weight is 257 g/mol. The predicted octanol–water partition coefficient (Wildman–Crippen LogP) is 3.93. The highest BCUT2D eigenvalue weighted by atomic mass is 35.5. The highest BCUT2D eigenvalue weighted by molar-refractivity contribution is 7.16. The highest BCUT2D eigenvalue weighted by Crippen LogP contribution is 2.31. The van der Waals surface area contributed by atoms with E-state index in [-0.39, 0.29) is 5.82 Å². The molecule has 0 bridgehead atoms. The molecule has 0 amide bonds. The normalized spacial score (nSPS) is 12.8. The Balaban J connectivity index is 2.37. The number of halogens is 2. The minimum Gasteiger partial charge on any atom is -0.383 e. The van der Waals surface area contributed by atoms with E-state index < -0.39 is 6.10 Å². The second kappa shape index (κ2) is 4.53. The van der Waals surface area contributed by atoms with Gasteiger partial charge in [0.25, 0.3) is 0 Å². The van der Waals surface area contributed by atoms with Crippen molar-refractivity contribution in [3.05, 3.63) is 56.5 Å². The first-order valence-electron chi connectivity index (χ1n) is 4.76. The van der Waals surface area contributed by atoms with E-state index in [1.54, 1.807) is 25.1 Å². The van der Waals surface area contributed by atoms with Gasteiger partial charge in [0.15, 0.2) is 0 Å². The van der Waals surface area contributed by atoms with Crippen LogP contribution >= 0.6 is 22.9 Å². The zero-order chi connectivity index (χ0) is 11.7. The number of hydrogen-bond acceptors (Lipinski definition) is 2. The van der Waals surface area contributed by atoms with E-state index in [2.05, 4.69) is 0 Å². The van der Waals surface area contributed by atoms with Crippen molar-refractivity contribution in [2.24, 2.45) is 0 Å². The van der Waals surface area contributed by atoms with Gasteiger partial charge in [-0.3, -0.25) is 0 Å². The van der Waals surface area contributed by atoms with Gasteiger partial charge in [0.1, 0.15) is 11.9 Å². The van der Waals surface area contributed by atoms with Crippen LogP contribution in [0.15, 0.2) is 30.3 Å². The Morgan fingerprint density at radius 1 is 1.31 bits per heavy atom. The van der Waals surface area contributed by atoms with Gasteiger partial charge in [0.05, 0.1) is 4.34 Å². The molecule has 1 nitrogen and oxygen atoms in total. The molecule has 1 heterocycles. The summed E-state index contributed by atoms with van der Waals surface area (Å²) in [5.74, 6) is -0.336. The Bertz CT molecular complexity index is 489. The molecule has 2 aromatic rings. The van der Waals surface area contributed by atoms with E-state index in [9.17, 15) is 9.50 Å². The molecule has 0 spiro atoms. The molecule has 0 saturated heterocycles. The summed E-state index contributed by atoms with van der Waals surface area (Å²) in [4.78, 5) is 0.718. The van der Waals surface area contributed by atoms with Crippen molar-refractivity contribution in [3.8, 4) is 0 Å². The molecular formula is C12H10ClFOS. The van der Waals surface area contributed by atoms with Gasteiger partial charge in [-0.2, -0.15) is 0 Å². The number of aliphatic hydroxyl groups is 1. The summed E-state index contributed by atoms with van der Waals surface area (Å²) in [6, 6.07) is 8.00. The zero-order valence-electron chi connectivity index (χ0n) is 8.58. The standard InChI is InChI=1S/C12H10ClFOS/c1-7-4-8(6-9(14)5-7)12(15)10-2-3-11(13)16-10/h2-6,12,15H,1H3. The molecule has 0 fully saturated rings. The first kappa shape index (κ1) is 11.6. The first-order chi connectivity index (χ1) is 7.56. The summed E-state index contributed by atoms with van der Waals surface area (Å²) in [5.41, 5.74) is 1.34. The van der Waals surface area contributed by atoms with Crippen LogP contribution in [0.1, 0.15) is 22.1 Å². The Morgan fingerprint density at radius 2 is 2.06 bits per heavy atom. The van der Waals surface area contributed by atoms with Gasteiger partial charge >= 0.3 is 0 Å². The van der Waals surface area contributed by atoms with Crippen LogP contribution in [0.25, 0.3) is 0 Å². The number of thiophene rings is 1. The molecule has 1 unspecified atom stereocenters. The molecule has 16 heavy (non-hydrogen) atoms. The largest absolute Gasteiger partial charge is 0.383 e. The second-order valence-electron chi connectivity index (χ2n) is 3.61. The lowest BCUT2D eigenvalue weighted by Crippen LogP contribution is -1.98. The molecule has 0 saturated carbocycles. The van der Waals surface area contributed by atoms with Crippen LogP contribution in [0.2, 0.25) is 4.34 Å². The molecule has 0 aliphatic carbocycles. The van der Waals surface area contributed by atoms with E-state index in [0.29, 0.717) is 9.90 Å². The van der Waals surface area contributed by atoms with E-state index in [0.717, 1.165) is 10.4 Å². The smallest absolute Gasteiger partial charge is 0.123 e. The topological polar surface area (TPSA) is 20.2 Å². The van der Waals surface area contributed by atoms with Crippen molar-refractivity contribution in [1.29, 1.82) is 0 Å². The summed E-state index contributed by atoms with van der Waals surface area (Å²) < 4.78 is 13.8. The van der Waals surface area contributed by atoms with Gasteiger partial charge in [0, 0.05) is 4.88 Å². The Hall–Kier alpha value is -0.900. The second-order valence-corrected chi connectivity index (χ2v) is 5.35. The number of benzene rings is 1. The summed E-state index contributed by atoms with van der Waals surface area (Å²) in [6.45, 7) is 1.79. The van der Waals surface area contributed by atoms with Crippen LogP contribution in [-0.2, 0) is 0 Å². The summed E-state index contributed by atoms with van der Waals surface area (Å²) in [5, 5.41) is 10.0. The van der Waals surface area contributed by atoms with Crippen molar-refractivity contribution in [3.63, 3.8) is 0 Å². The molecule has 2 rings (SSSR count). The molecular weight excluding hydrogens is 247 g/mol. The van der Waals surface area contributed by atoms with Crippen molar-refractivity contribution in [2.45, 2.75) is 13.0 Å². The molecule has 4 heteroatoms. The fraction of sp³-hybridized carbons (Fsp3) is 0.167. The van der Waals surface area contributed by atoms with Gasteiger partial charge in [-0.1, -0.05) is 17.7 Å². The predicted molar refractivity (Wildman–Crippen MR) is 64.5 cm³/mol. The van der Waals surface area contributed by atoms with Gasteiger partial charge in [-0.05, 0) is 42.3 Å². The van der Waals surface area contributed by atoms with E-state index in [4.69, 9.17) is 11.6 Å². The van der Waals surface area contributed by atoms with Crippen molar-refractivity contribution < 1.29 is 9.50 Å². The maximum absolute atomic E-state index is 13.2. The van der Waals surface area contributed by atoms with Crippen LogP contribution < -0.4 is 0 Å². The Kier molecular flexibility index (Phi) is 3.28. The summed E-state index contributed by atoms with van der Waals surface area (Å²) in [7, 11) is 0. The average Bonchev–Trinajstić information content (AvgIpc) is 2.62. The fourth-order valence-corrected chi connectivity index (χ4v) is 2.64. The third-order valence-electron chi connectivity index (χ3n) is 2.24. The highest BCUT2D eigenvalue weighted by Gasteiger charge is 2.13. The van der Waals surface area contributed by atoms with Gasteiger partial charge < -0.3 is 5.11 Å². The maximum atomic E-state index is 13.2. The number of aryl methyl sites for hydroxylation is 1. The summed E-state index contributed by atoms with van der Waals surface area (Å²) >= 11 is 7.08. The minimum atomic E-state index is -0.813. The number of hydrogen-bond donors (Lipinski definition) is 1. The monoisotopic (exact) mass is 256 g/mol. The van der Waals surface area contributed by atoms with Crippen LogP contribution in [0.4, 0.5) is 4.39 Å². The van der Waals surface area contributed by atoms with E-state index in [1.165, 1.54) is 23.5 Å². The molecule has 0 aliphatic heterocycles. The zero-order valence-corrected chi connectivity index (χ0v) is 10.1. The maximum Gasteiger partial charge on any atom is 0.123 e. The van der Waals surface area contributed by atoms with Crippen molar-refractivity contribution in [1.82, 2.24) is 0 Å². The SMILES string of the molecule is Cc1cc(F)cc(C(O)c2ccc(Cl)s2)c1. The van der Waals surface area contributed by atoms with Crippen LogP contribution in [0.3, 0.4) is 0 Å². The fourth-order valence-electron chi connectivity index (χ4n) is 1.56. The molecule has 1 N–H and O–H groups in total. The lowest BCUT2D eigenvalue weighted by molar-refractivity contribution is 0.223. The van der Waals surface area contributed by atoms with Gasteiger partial charge in [0.2, 0.25) is 0 Å². The van der Waals surface area contributed by atoms with Crippen LogP contribution in [0.5, 0.6) is 0 Å². The van der Waals surface area contributed by atoms with Crippen LogP contribution in [-0.4, -0.2) is 5.11 Å². The first-order valence-corrected chi connectivity index (χ1v) is 5.96. The van der Waals surface area contributed by atoms with Gasteiger partial charge in [-0.15, -0.1) is 11.3 Å². The van der Waals surface area contributed by atoms with E-state index >= 15 is 0 Å². The molecule has 1 aromatic carbocycles. The van der Waals surface area contributed by atoms with Crippen LogP contribution in [0, 0.1) is 12.7 Å². The molecule has 0 radical (unpaired) electrons. The van der Waals surface area contributed by atoms with E-state index in [1.807, 2.05) is 0 Å². The molecule has 0 aliphatic rings. The number of aliphatic hydroxyl groups excluding tert-OH is 1. The Morgan fingerprint density at radius 3 is 2.62 bits per heavy atom. The lowest BCUT2D eigenvalue weighted by Gasteiger charge is -2.09. The third kappa shape index (κ3) is 2.43. The molecule has 1 atom stereocenters. The molecule has 84 valence electrons. The number of rotatable bonds is 2. The summed E-state index contributed by atoms with van der Waals surface area (Å²) in [6.07, 6.45) is -0.813.